The number of aromatic amines is 2. The number of Topliss-reactive ketones (excluding diaryl/α,β-unsaturated/α-hetero) is 1. The number of carbonyl (C=O) groups excluding carboxylic acids is 2. The number of esters is 1. The van der Waals surface area contributed by atoms with Crippen LogP contribution in [-0.2, 0) is 16.0 Å². The third kappa shape index (κ3) is 2.92. The van der Waals surface area contributed by atoms with Gasteiger partial charge in [0.2, 0.25) is 5.78 Å². The molecule has 0 spiro atoms. The molecule has 5 nitrogen and oxygen atoms in total. The Labute approximate surface area is 143 Å². The van der Waals surface area contributed by atoms with E-state index < -0.39 is 5.97 Å². The van der Waals surface area contributed by atoms with Crippen LogP contribution in [0.5, 0.6) is 0 Å². The molecule has 0 aliphatic heterocycles. The number of aromatic nitrogens is 2. The van der Waals surface area contributed by atoms with Gasteiger partial charge in [-0.15, -0.1) is 0 Å². The van der Waals surface area contributed by atoms with E-state index in [1.807, 2.05) is 48.5 Å². The molecule has 0 bridgehead atoms. The summed E-state index contributed by atoms with van der Waals surface area (Å²) in [5.41, 5.74) is 3.26. The molecule has 2 heterocycles. The van der Waals surface area contributed by atoms with Crippen LogP contribution in [0.15, 0.2) is 60.9 Å². The van der Waals surface area contributed by atoms with Crippen molar-refractivity contribution in [2.75, 3.05) is 6.61 Å². The van der Waals surface area contributed by atoms with Crippen molar-refractivity contribution in [1.82, 2.24) is 9.97 Å². The van der Waals surface area contributed by atoms with Gasteiger partial charge < -0.3 is 14.7 Å². The van der Waals surface area contributed by atoms with Crippen LogP contribution in [0.1, 0.15) is 15.9 Å². The number of hydrogen-bond donors (Lipinski definition) is 2. The Hall–Kier alpha value is -3.34. The van der Waals surface area contributed by atoms with E-state index in [0.717, 1.165) is 27.4 Å². The van der Waals surface area contributed by atoms with Crippen molar-refractivity contribution in [2.45, 2.75) is 6.42 Å². The molecule has 0 aliphatic rings. The van der Waals surface area contributed by atoms with E-state index >= 15 is 0 Å². The van der Waals surface area contributed by atoms with Crippen LogP contribution in [0.2, 0.25) is 0 Å². The first-order valence-corrected chi connectivity index (χ1v) is 8.02. The van der Waals surface area contributed by atoms with Crippen molar-refractivity contribution in [2.24, 2.45) is 0 Å². The molecule has 0 radical (unpaired) electrons. The maximum Gasteiger partial charge on any atom is 0.310 e. The van der Waals surface area contributed by atoms with Crippen molar-refractivity contribution >= 4 is 33.6 Å². The van der Waals surface area contributed by atoms with Crippen LogP contribution < -0.4 is 0 Å². The number of ether oxygens (including phenoxy) is 1. The molecule has 25 heavy (non-hydrogen) atoms. The summed E-state index contributed by atoms with van der Waals surface area (Å²) in [6.07, 6.45) is 3.58. The molecule has 2 N–H and O–H groups in total. The number of hydrogen-bond acceptors (Lipinski definition) is 3. The molecule has 5 heteroatoms. The van der Waals surface area contributed by atoms with Crippen LogP contribution in [-0.4, -0.2) is 28.3 Å². The third-order valence-electron chi connectivity index (χ3n) is 4.26. The number of ketones is 1. The summed E-state index contributed by atoms with van der Waals surface area (Å²) in [6.45, 7) is -0.261. The number of para-hydroxylation sites is 2. The zero-order chi connectivity index (χ0) is 17.2. The predicted octanol–water partition coefficient (Wildman–Crippen LogP) is 3.62. The Morgan fingerprint density at radius 2 is 1.48 bits per heavy atom. The molecule has 2 aromatic carbocycles. The average Bonchev–Trinajstić information content (AvgIpc) is 3.24. The molecule has 0 saturated heterocycles. The largest absolute Gasteiger partial charge is 0.457 e. The molecule has 0 amide bonds. The molecule has 4 aromatic rings. The van der Waals surface area contributed by atoms with E-state index in [1.54, 1.807) is 12.4 Å². The fraction of sp³-hybridized carbons (Fsp3) is 0.100. The monoisotopic (exact) mass is 332 g/mol. The highest BCUT2D eigenvalue weighted by atomic mass is 16.5. The van der Waals surface area contributed by atoms with Gasteiger partial charge in [-0.3, -0.25) is 9.59 Å². The molecule has 0 saturated carbocycles. The van der Waals surface area contributed by atoms with Gasteiger partial charge in [-0.25, -0.2) is 0 Å². The van der Waals surface area contributed by atoms with Gasteiger partial charge in [-0.1, -0.05) is 36.4 Å². The number of H-pyrrole nitrogens is 2. The molecule has 4 rings (SSSR count). The Morgan fingerprint density at radius 1 is 0.840 bits per heavy atom. The Kier molecular flexibility index (Phi) is 3.82. The molecule has 0 atom stereocenters. The molecular weight excluding hydrogens is 316 g/mol. The van der Waals surface area contributed by atoms with Crippen molar-refractivity contribution in [3.05, 3.63) is 72.1 Å². The van der Waals surface area contributed by atoms with E-state index in [2.05, 4.69) is 9.97 Å². The second kappa shape index (κ2) is 6.28. The Bertz CT molecular complexity index is 1070. The SMILES string of the molecule is O=C(Cc1c[nH]c2ccccc12)OCC(=O)c1c[nH]c2ccccc12. The quantitative estimate of drug-likeness (QED) is 0.433. The number of nitrogens with one attached hydrogen (secondary N) is 2. The zero-order valence-electron chi connectivity index (χ0n) is 13.4. The van der Waals surface area contributed by atoms with Gasteiger partial charge in [0.25, 0.3) is 0 Å². The molecular formula is C20H16N2O3. The number of benzene rings is 2. The average molecular weight is 332 g/mol. The van der Waals surface area contributed by atoms with E-state index in [-0.39, 0.29) is 18.8 Å². The molecule has 0 aliphatic carbocycles. The second-order valence-electron chi connectivity index (χ2n) is 5.87. The summed E-state index contributed by atoms with van der Waals surface area (Å²) >= 11 is 0. The van der Waals surface area contributed by atoms with Gasteiger partial charge in [0.1, 0.15) is 0 Å². The topological polar surface area (TPSA) is 75.0 Å². The second-order valence-corrected chi connectivity index (χ2v) is 5.87. The van der Waals surface area contributed by atoms with Gasteiger partial charge in [0.05, 0.1) is 6.42 Å². The summed E-state index contributed by atoms with van der Waals surface area (Å²) < 4.78 is 5.18. The molecule has 0 unspecified atom stereocenters. The summed E-state index contributed by atoms with van der Waals surface area (Å²) in [7, 11) is 0. The van der Waals surface area contributed by atoms with Crippen molar-refractivity contribution in [1.29, 1.82) is 0 Å². The fourth-order valence-electron chi connectivity index (χ4n) is 3.01. The maximum absolute atomic E-state index is 12.3. The number of carbonyl (C=O) groups is 2. The van der Waals surface area contributed by atoms with Crippen molar-refractivity contribution in [3.8, 4) is 0 Å². The van der Waals surface area contributed by atoms with Crippen LogP contribution in [0.4, 0.5) is 0 Å². The summed E-state index contributed by atoms with van der Waals surface area (Å²) in [5.74, 6) is -0.636. The van der Waals surface area contributed by atoms with E-state index in [9.17, 15) is 9.59 Å². The van der Waals surface area contributed by atoms with Gasteiger partial charge in [-0.2, -0.15) is 0 Å². The van der Waals surface area contributed by atoms with Crippen LogP contribution in [0.3, 0.4) is 0 Å². The first-order valence-electron chi connectivity index (χ1n) is 8.02. The first-order chi connectivity index (χ1) is 12.2. The van der Waals surface area contributed by atoms with Crippen LogP contribution in [0.25, 0.3) is 21.8 Å². The molecule has 2 aromatic heterocycles. The van der Waals surface area contributed by atoms with Crippen molar-refractivity contribution < 1.29 is 14.3 Å². The maximum atomic E-state index is 12.3. The summed E-state index contributed by atoms with van der Waals surface area (Å²) in [5, 5.41) is 1.82. The molecule has 124 valence electrons. The molecule has 0 fully saturated rings. The minimum absolute atomic E-state index is 0.130. The lowest BCUT2D eigenvalue weighted by Gasteiger charge is -2.03. The highest BCUT2D eigenvalue weighted by molar-refractivity contribution is 6.08. The normalized spacial score (nSPS) is 11.0. The summed E-state index contributed by atoms with van der Waals surface area (Å²) in [4.78, 5) is 30.6. The highest BCUT2D eigenvalue weighted by Gasteiger charge is 2.15. The fourth-order valence-corrected chi connectivity index (χ4v) is 3.01. The lowest BCUT2D eigenvalue weighted by Crippen LogP contribution is -2.15. The van der Waals surface area contributed by atoms with E-state index in [0.29, 0.717) is 5.56 Å². The standard InChI is InChI=1S/C20H16N2O3/c23-19(16-11-22-18-8-4-2-6-15(16)18)12-25-20(24)9-13-10-21-17-7-3-1-5-14(13)17/h1-8,10-11,21-22H,9,12H2. The number of fused-ring (bicyclic) bond motifs is 2. The minimum Gasteiger partial charge on any atom is -0.457 e. The minimum atomic E-state index is -0.419. The number of rotatable bonds is 5. The van der Waals surface area contributed by atoms with Gasteiger partial charge in [0, 0.05) is 39.8 Å². The Balaban J connectivity index is 1.42. The van der Waals surface area contributed by atoms with Gasteiger partial charge in [0.15, 0.2) is 6.61 Å². The van der Waals surface area contributed by atoms with Gasteiger partial charge in [-0.05, 0) is 17.7 Å². The third-order valence-corrected chi connectivity index (χ3v) is 4.26. The van der Waals surface area contributed by atoms with E-state index in [1.165, 1.54) is 0 Å². The van der Waals surface area contributed by atoms with Crippen LogP contribution >= 0.6 is 0 Å². The Morgan fingerprint density at radius 3 is 2.28 bits per heavy atom. The van der Waals surface area contributed by atoms with Crippen molar-refractivity contribution in [3.63, 3.8) is 0 Å². The highest BCUT2D eigenvalue weighted by Crippen LogP contribution is 2.20. The first kappa shape index (κ1) is 15.2. The van der Waals surface area contributed by atoms with E-state index in [4.69, 9.17) is 4.74 Å². The lowest BCUT2D eigenvalue weighted by molar-refractivity contribution is -0.141. The van der Waals surface area contributed by atoms with Crippen LogP contribution in [0, 0.1) is 0 Å². The smallest absolute Gasteiger partial charge is 0.310 e. The zero-order valence-corrected chi connectivity index (χ0v) is 13.4. The lowest BCUT2D eigenvalue weighted by atomic mass is 10.1. The summed E-state index contributed by atoms with van der Waals surface area (Å²) in [6, 6.07) is 15.3. The predicted molar refractivity (Wildman–Crippen MR) is 95.6 cm³/mol. The van der Waals surface area contributed by atoms with Gasteiger partial charge >= 0.3 is 5.97 Å².